The average molecular weight is 248 g/mol. The van der Waals surface area contributed by atoms with Crippen LogP contribution in [0.4, 0.5) is 4.39 Å². The van der Waals surface area contributed by atoms with E-state index in [9.17, 15) is 4.39 Å². The molecule has 2 atom stereocenters. The van der Waals surface area contributed by atoms with E-state index in [1.165, 1.54) is 18.6 Å². The van der Waals surface area contributed by atoms with Crippen molar-refractivity contribution in [1.82, 2.24) is 5.32 Å². The van der Waals surface area contributed by atoms with Crippen LogP contribution in [-0.2, 0) is 0 Å². The van der Waals surface area contributed by atoms with Crippen LogP contribution in [0.25, 0.3) is 0 Å². The summed E-state index contributed by atoms with van der Waals surface area (Å²) < 4.78 is 19.5. The zero-order chi connectivity index (χ0) is 13.0. The van der Waals surface area contributed by atoms with E-state index in [1.54, 1.807) is 6.07 Å². The minimum Gasteiger partial charge on any atom is -0.486 e. The molecule has 1 aliphatic rings. The summed E-state index contributed by atoms with van der Waals surface area (Å²) >= 11 is 0. The summed E-state index contributed by atoms with van der Waals surface area (Å²) in [6, 6.07) is 6.51. The van der Waals surface area contributed by atoms with Crippen molar-refractivity contribution in [3.05, 3.63) is 29.6 Å². The standard InChI is InChI=1S/C14H17FN2O/c1-17-12-4-2-3-5-14(12)18-13-7-6-10(9-16)8-11(13)15/h6-8,12,14,17H,2-5H2,1H3. The predicted octanol–water partition coefficient (Wildman–Crippen LogP) is 2.61. The lowest BCUT2D eigenvalue weighted by Crippen LogP contribution is -2.43. The highest BCUT2D eigenvalue weighted by atomic mass is 19.1. The highest BCUT2D eigenvalue weighted by Crippen LogP contribution is 2.26. The summed E-state index contributed by atoms with van der Waals surface area (Å²) in [5.41, 5.74) is 0.314. The van der Waals surface area contributed by atoms with Gasteiger partial charge in [-0.05, 0) is 44.5 Å². The second-order valence-electron chi connectivity index (χ2n) is 4.59. The van der Waals surface area contributed by atoms with Crippen molar-refractivity contribution in [2.75, 3.05) is 7.05 Å². The Morgan fingerprint density at radius 2 is 2.17 bits per heavy atom. The monoisotopic (exact) mass is 248 g/mol. The zero-order valence-corrected chi connectivity index (χ0v) is 10.4. The van der Waals surface area contributed by atoms with Gasteiger partial charge in [0.1, 0.15) is 6.10 Å². The first-order valence-electron chi connectivity index (χ1n) is 6.28. The van der Waals surface area contributed by atoms with Gasteiger partial charge in [-0.2, -0.15) is 5.26 Å². The molecule has 1 aromatic carbocycles. The number of nitrogens with zero attached hydrogens (tertiary/aromatic N) is 1. The molecule has 1 fully saturated rings. The van der Waals surface area contributed by atoms with Gasteiger partial charge < -0.3 is 10.1 Å². The van der Waals surface area contributed by atoms with Crippen LogP contribution in [0.15, 0.2) is 18.2 Å². The quantitative estimate of drug-likeness (QED) is 0.894. The van der Waals surface area contributed by atoms with E-state index in [0.717, 1.165) is 19.3 Å². The minimum absolute atomic E-state index is 0.00573. The first-order valence-corrected chi connectivity index (χ1v) is 6.28. The molecule has 0 heterocycles. The SMILES string of the molecule is CNC1CCCCC1Oc1ccc(C#N)cc1F. The second-order valence-corrected chi connectivity index (χ2v) is 4.59. The highest BCUT2D eigenvalue weighted by molar-refractivity contribution is 5.36. The third-order valence-electron chi connectivity index (χ3n) is 3.41. The van der Waals surface area contributed by atoms with Crippen LogP contribution in [0.5, 0.6) is 5.75 Å². The lowest BCUT2D eigenvalue weighted by atomic mass is 9.92. The number of halogens is 1. The van der Waals surface area contributed by atoms with Crippen molar-refractivity contribution in [3.8, 4) is 11.8 Å². The molecule has 1 N–H and O–H groups in total. The van der Waals surface area contributed by atoms with Crippen LogP contribution in [0.3, 0.4) is 0 Å². The molecule has 0 spiro atoms. The van der Waals surface area contributed by atoms with Crippen LogP contribution in [0, 0.1) is 17.1 Å². The Labute approximate surface area is 107 Å². The van der Waals surface area contributed by atoms with Gasteiger partial charge in [0.25, 0.3) is 0 Å². The molecule has 18 heavy (non-hydrogen) atoms. The first kappa shape index (κ1) is 12.8. The summed E-state index contributed by atoms with van der Waals surface area (Å²) in [5, 5.41) is 11.9. The molecule has 1 aromatic rings. The fourth-order valence-electron chi connectivity index (χ4n) is 2.40. The Bertz CT molecular complexity index is 456. The summed E-state index contributed by atoms with van der Waals surface area (Å²) in [6.07, 6.45) is 4.29. The molecule has 2 unspecified atom stereocenters. The molecular weight excluding hydrogens is 231 g/mol. The Morgan fingerprint density at radius 1 is 1.39 bits per heavy atom. The normalized spacial score (nSPS) is 23.4. The Morgan fingerprint density at radius 3 is 2.83 bits per heavy atom. The third-order valence-corrected chi connectivity index (χ3v) is 3.41. The van der Waals surface area contributed by atoms with Crippen molar-refractivity contribution in [2.24, 2.45) is 0 Å². The molecule has 0 bridgehead atoms. The van der Waals surface area contributed by atoms with Gasteiger partial charge in [-0.1, -0.05) is 6.42 Å². The van der Waals surface area contributed by atoms with E-state index in [2.05, 4.69) is 5.32 Å². The molecule has 1 aliphatic carbocycles. The lowest BCUT2D eigenvalue weighted by molar-refractivity contribution is 0.113. The van der Waals surface area contributed by atoms with Crippen LogP contribution >= 0.6 is 0 Å². The maximum atomic E-state index is 13.7. The highest BCUT2D eigenvalue weighted by Gasteiger charge is 2.26. The Balaban J connectivity index is 2.10. The smallest absolute Gasteiger partial charge is 0.166 e. The molecule has 0 amide bonds. The zero-order valence-electron chi connectivity index (χ0n) is 10.4. The molecule has 96 valence electrons. The molecule has 0 radical (unpaired) electrons. The van der Waals surface area contributed by atoms with Gasteiger partial charge in [-0.3, -0.25) is 0 Å². The van der Waals surface area contributed by atoms with E-state index < -0.39 is 5.82 Å². The van der Waals surface area contributed by atoms with Gasteiger partial charge in [0.2, 0.25) is 0 Å². The number of nitrogens with one attached hydrogen (secondary N) is 1. The predicted molar refractivity (Wildman–Crippen MR) is 66.8 cm³/mol. The fraction of sp³-hybridized carbons (Fsp3) is 0.500. The van der Waals surface area contributed by atoms with Gasteiger partial charge in [0.05, 0.1) is 11.6 Å². The maximum absolute atomic E-state index is 13.7. The molecular formula is C14H17FN2O. The van der Waals surface area contributed by atoms with Crippen LogP contribution in [-0.4, -0.2) is 19.2 Å². The molecule has 0 saturated heterocycles. The summed E-state index contributed by atoms with van der Waals surface area (Å²) in [6.45, 7) is 0. The lowest BCUT2D eigenvalue weighted by Gasteiger charge is -2.31. The summed E-state index contributed by atoms with van der Waals surface area (Å²) in [5.74, 6) is -0.226. The molecule has 0 aliphatic heterocycles. The number of hydrogen-bond acceptors (Lipinski definition) is 3. The van der Waals surface area contributed by atoms with Gasteiger partial charge in [-0.25, -0.2) is 4.39 Å². The van der Waals surface area contributed by atoms with Crippen molar-refractivity contribution in [1.29, 1.82) is 5.26 Å². The number of rotatable bonds is 3. The minimum atomic E-state index is -0.463. The average Bonchev–Trinajstić information content (AvgIpc) is 2.41. The van der Waals surface area contributed by atoms with Crippen LogP contribution in [0.2, 0.25) is 0 Å². The topological polar surface area (TPSA) is 45.0 Å². The van der Waals surface area contributed by atoms with Crippen molar-refractivity contribution in [3.63, 3.8) is 0 Å². The first-order chi connectivity index (χ1) is 8.74. The van der Waals surface area contributed by atoms with Gasteiger partial charge >= 0.3 is 0 Å². The third kappa shape index (κ3) is 2.80. The molecule has 4 heteroatoms. The number of ether oxygens (including phenoxy) is 1. The second kappa shape index (κ2) is 5.83. The number of likely N-dealkylation sites (N-methyl/N-ethyl adjacent to an activating group) is 1. The number of nitriles is 1. The van der Waals surface area contributed by atoms with E-state index in [0.29, 0.717) is 5.56 Å². The van der Waals surface area contributed by atoms with Gasteiger partial charge in [0, 0.05) is 6.04 Å². The molecule has 3 nitrogen and oxygen atoms in total. The Hall–Kier alpha value is -1.60. The summed E-state index contributed by atoms with van der Waals surface area (Å²) in [4.78, 5) is 0. The van der Waals surface area contributed by atoms with E-state index in [4.69, 9.17) is 10.00 Å². The molecule has 1 saturated carbocycles. The summed E-state index contributed by atoms with van der Waals surface area (Å²) in [7, 11) is 1.90. The molecule has 2 rings (SSSR count). The van der Waals surface area contributed by atoms with Crippen molar-refractivity contribution in [2.45, 2.75) is 37.8 Å². The van der Waals surface area contributed by atoms with E-state index >= 15 is 0 Å². The Kier molecular flexibility index (Phi) is 4.16. The maximum Gasteiger partial charge on any atom is 0.166 e. The van der Waals surface area contributed by atoms with E-state index in [1.807, 2.05) is 13.1 Å². The van der Waals surface area contributed by atoms with Crippen LogP contribution < -0.4 is 10.1 Å². The molecule has 0 aromatic heterocycles. The van der Waals surface area contributed by atoms with Gasteiger partial charge in [-0.15, -0.1) is 0 Å². The number of benzene rings is 1. The van der Waals surface area contributed by atoms with Crippen molar-refractivity contribution >= 4 is 0 Å². The largest absolute Gasteiger partial charge is 0.486 e. The van der Waals surface area contributed by atoms with Gasteiger partial charge in [0.15, 0.2) is 11.6 Å². The van der Waals surface area contributed by atoms with Crippen molar-refractivity contribution < 1.29 is 9.13 Å². The van der Waals surface area contributed by atoms with E-state index in [-0.39, 0.29) is 17.9 Å². The van der Waals surface area contributed by atoms with Crippen LogP contribution in [0.1, 0.15) is 31.2 Å². The number of hydrogen-bond donors (Lipinski definition) is 1. The fourth-order valence-corrected chi connectivity index (χ4v) is 2.40.